The number of amides is 1. The third kappa shape index (κ3) is 4.24. The summed E-state index contributed by atoms with van der Waals surface area (Å²) in [4.78, 5) is 32.2. The zero-order valence-electron chi connectivity index (χ0n) is 18.5. The number of hydrogen-bond donors (Lipinski definition) is 1. The molecule has 2 fully saturated rings. The SMILES string of the molecule is NC1C(=O)N2CC(C=Cc3cccnc3)(C(=O)OC(c3ccccc3)c3ccccc3)CS[C@H]12. The Kier molecular flexibility index (Phi) is 6.22. The third-order valence-corrected chi connectivity index (χ3v) is 7.83. The van der Waals surface area contributed by atoms with Crippen LogP contribution in [0.4, 0.5) is 0 Å². The summed E-state index contributed by atoms with van der Waals surface area (Å²) in [5.41, 5.74) is 7.62. The van der Waals surface area contributed by atoms with Gasteiger partial charge in [0.2, 0.25) is 5.91 Å². The van der Waals surface area contributed by atoms with Crippen molar-refractivity contribution in [2.75, 3.05) is 12.3 Å². The van der Waals surface area contributed by atoms with Gasteiger partial charge in [-0.3, -0.25) is 14.6 Å². The van der Waals surface area contributed by atoms with Crippen molar-refractivity contribution in [3.63, 3.8) is 0 Å². The Balaban J connectivity index is 1.48. The second kappa shape index (κ2) is 9.44. The first-order valence-corrected chi connectivity index (χ1v) is 12.2. The van der Waals surface area contributed by atoms with Crippen molar-refractivity contribution < 1.29 is 14.3 Å². The zero-order valence-corrected chi connectivity index (χ0v) is 19.3. The second-order valence-corrected chi connectivity index (χ2v) is 9.68. The number of rotatable bonds is 6. The van der Waals surface area contributed by atoms with Gasteiger partial charge < -0.3 is 15.4 Å². The standard InChI is InChI=1S/C27H25N3O3S/c28-22-24(31)30-17-27(18-34-25(22)30,14-13-19-8-7-15-29-16-19)26(32)33-23(20-9-3-1-4-10-20)21-11-5-2-6-12-21/h1-16,22-23,25H,17-18,28H2/t22?,25-,27?/m1/s1. The first kappa shape index (κ1) is 22.4. The van der Waals surface area contributed by atoms with Crippen molar-refractivity contribution in [1.29, 1.82) is 0 Å². The van der Waals surface area contributed by atoms with Gasteiger partial charge in [0.25, 0.3) is 0 Å². The molecule has 0 aliphatic carbocycles. The lowest BCUT2D eigenvalue weighted by molar-refractivity contribution is -0.161. The summed E-state index contributed by atoms with van der Waals surface area (Å²) in [6.45, 7) is 0.239. The summed E-state index contributed by atoms with van der Waals surface area (Å²) in [7, 11) is 0. The lowest BCUT2D eigenvalue weighted by Crippen LogP contribution is -2.72. The van der Waals surface area contributed by atoms with E-state index in [1.165, 1.54) is 11.8 Å². The first-order chi connectivity index (χ1) is 16.6. The Morgan fingerprint density at radius 2 is 1.76 bits per heavy atom. The molecule has 2 saturated heterocycles. The van der Waals surface area contributed by atoms with E-state index in [1.54, 1.807) is 17.3 Å². The minimum Gasteiger partial charge on any atom is -0.452 e. The van der Waals surface area contributed by atoms with Gasteiger partial charge in [0.05, 0.1) is 0 Å². The van der Waals surface area contributed by atoms with Gasteiger partial charge in [0.1, 0.15) is 16.8 Å². The molecule has 3 heterocycles. The molecule has 0 radical (unpaired) electrons. The van der Waals surface area contributed by atoms with Crippen LogP contribution in [0.3, 0.4) is 0 Å². The van der Waals surface area contributed by atoms with Crippen LogP contribution in [0.5, 0.6) is 0 Å². The summed E-state index contributed by atoms with van der Waals surface area (Å²) < 4.78 is 6.24. The van der Waals surface area contributed by atoms with Crippen molar-refractivity contribution in [2.45, 2.75) is 17.5 Å². The molecule has 34 heavy (non-hydrogen) atoms. The van der Waals surface area contributed by atoms with Crippen LogP contribution in [-0.4, -0.2) is 45.5 Å². The Morgan fingerprint density at radius 1 is 1.09 bits per heavy atom. The number of carbonyl (C=O) groups is 2. The summed E-state index contributed by atoms with van der Waals surface area (Å²) in [5.74, 6) is -0.0301. The van der Waals surface area contributed by atoms with Gasteiger partial charge in [-0.2, -0.15) is 0 Å². The van der Waals surface area contributed by atoms with E-state index in [0.29, 0.717) is 5.75 Å². The fourth-order valence-electron chi connectivity index (χ4n) is 4.33. The zero-order chi connectivity index (χ0) is 23.5. The summed E-state index contributed by atoms with van der Waals surface area (Å²) in [5, 5.41) is -0.0979. The Bertz CT molecular complexity index is 1150. The molecule has 2 N–H and O–H groups in total. The second-order valence-electron chi connectivity index (χ2n) is 8.58. The minimum absolute atomic E-state index is 0.0979. The molecule has 0 spiro atoms. The van der Waals surface area contributed by atoms with Crippen molar-refractivity contribution in [3.8, 4) is 0 Å². The maximum Gasteiger partial charge on any atom is 0.319 e. The maximum absolute atomic E-state index is 13.9. The number of β-lactam (4-membered cyclic amide) rings is 1. The van der Waals surface area contributed by atoms with Gasteiger partial charge in [-0.25, -0.2) is 0 Å². The van der Waals surface area contributed by atoms with Crippen molar-refractivity contribution >= 4 is 29.7 Å². The molecule has 6 nitrogen and oxygen atoms in total. The van der Waals surface area contributed by atoms with E-state index >= 15 is 0 Å². The number of nitrogens with two attached hydrogens (primary N) is 1. The van der Waals surface area contributed by atoms with Gasteiger partial charge in [0.15, 0.2) is 6.10 Å². The number of fused-ring (bicyclic) bond motifs is 1. The molecule has 2 unspecified atom stereocenters. The average Bonchev–Trinajstić information content (AvgIpc) is 2.91. The van der Waals surface area contributed by atoms with Crippen LogP contribution in [0.15, 0.2) is 91.3 Å². The van der Waals surface area contributed by atoms with Crippen molar-refractivity contribution in [1.82, 2.24) is 9.88 Å². The molecule has 1 aromatic heterocycles. The van der Waals surface area contributed by atoms with E-state index in [-0.39, 0.29) is 23.8 Å². The molecule has 0 saturated carbocycles. The van der Waals surface area contributed by atoms with E-state index < -0.39 is 17.6 Å². The molecule has 172 valence electrons. The highest BCUT2D eigenvalue weighted by molar-refractivity contribution is 8.00. The Labute approximate surface area is 202 Å². The largest absolute Gasteiger partial charge is 0.452 e. The topological polar surface area (TPSA) is 85.5 Å². The normalized spacial score (nSPS) is 24.1. The van der Waals surface area contributed by atoms with Crippen LogP contribution < -0.4 is 5.73 Å². The van der Waals surface area contributed by atoms with Crippen LogP contribution >= 0.6 is 11.8 Å². The third-order valence-electron chi connectivity index (χ3n) is 6.26. The monoisotopic (exact) mass is 471 g/mol. The van der Waals surface area contributed by atoms with Gasteiger partial charge in [-0.15, -0.1) is 11.8 Å². The van der Waals surface area contributed by atoms with Crippen LogP contribution in [0, 0.1) is 5.41 Å². The molecule has 3 aromatic rings. The van der Waals surface area contributed by atoms with Gasteiger partial charge in [0, 0.05) is 24.7 Å². The number of ether oxygens (including phenoxy) is 1. The fourth-order valence-corrected chi connectivity index (χ4v) is 5.78. The van der Waals surface area contributed by atoms with Crippen LogP contribution in [0.2, 0.25) is 0 Å². The van der Waals surface area contributed by atoms with Crippen LogP contribution in [0.1, 0.15) is 22.8 Å². The Morgan fingerprint density at radius 3 is 2.38 bits per heavy atom. The van der Waals surface area contributed by atoms with Gasteiger partial charge in [-0.05, 0) is 22.8 Å². The van der Waals surface area contributed by atoms with Gasteiger partial charge in [-0.1, -0.05) is 78.9 Å². The number of pyridine rings is 1. The van der Waals surface area contributed by atoms with E-state index in [0.717, 1.165) is 16.7 Å². The van der Waals surface area contributed by atoms with Crippen LogP contribution in [-0.2, 0) is 14.3 Å². The summed E-state index contributed by atoms with van der Waals surface area (Å²) in [6, 6.07) is 22.6. The predicted molar refractivity (Wildman–Crippen MR) is 132 cm³/mol. The molecule has 7 heteroatoms. The molecule has 5 rings (SSSR count). The molecular formula is C27H25N3O3S. The van der Waals surface area contributed by atoms with Crippen molar-refractivity contribution in [2.24, 2.45) is 11.1 Å². The van der Waals surface area contributed by atoms with E-state index in [9.17, 15) is 9.59 Å². The highest BCUT2D eigenvalue weighted by atomic mass is 32.2. The molecule has 0 bridgehead atoms. The molecule has 1 amide bonds. The number of thioether (sulfide) groups is 1. The maximum atomic E-state index is 13.9. The molecule has 3 atom stereocenters. The van der Waals surface area contributed by atoms with Gasteiger partial charge >= 0.3 is 5.97 Å². The number of carbonyl (C=O) groups excluding carboxylic acids is 2. The van der Waals surface area contributed by atoms with E-state index in [4.69, 9.17) is 10.5 Å². The van der Waals surface area contributed by atoms with Crippen molar-refractivity contribution in [3.05, 3.63) is 108 Å². The number of nitrogens with zero attached hydrogens (tertiary/aromatic N) is 2. The summed E-state index contributed by atoms with van der Waals surface area (Å²) >= 11 is 1.53. The fraction of sp³-hybridized carbons (Fsp3) is 0.222. The first-order valence-electron chi connectivity index (χ1n) is 11.2. The number of hydrogen-bond acceptors (Lipinski definition) is 6. The highest BCUT2D eigenvalue weighted by Crippen LogP contribution is 2.44. The molecular weight excluding hydrogens is 446 g/mol. The quantitative estimate of drug-likeness (QED) is 0.436. The lowest BCUT2D eigenvalue weighted by Gasteiger charge is -2.52. The average molecular weight is 472 g/mol. The molecule has 2 aromatic carbocycles. The number of esters is 1. The van der Waals surface area contributed by atoms with E-state index in [1.807, 2.05) is 84.9 Å². The lowest BCUT2D eigenvalue weighted by atomic mass is 9.86. The highest BCUT2D eigenvalue weighted by Gasteiger charge is 2.55. The summed E-state index contributed by atoms with van der Waals surface area (Å²) in [6.07, 6.45) is 6.61. The molecule has 2 aliphatic rings. The van der Waals surface area contributed by atoms with E-state index in [2.05, 4.69) is 4.98 Å². The van der Waals surface area contributed by atoms with Crippen LogP contribution in [0.25, 0.3) is 6.08 Å². The minimum atomic E-state index is -1.01. The predicted octanol–water partition coefficient (Wildman–Crippen LogP) is 3.66. The number of aromatic nitrogens is 1. The Hall–Kier alpha value is -3.42. The smallest absolute Gasteiger partial charge is 0.319 e. The number of benzene rings is 2. The molecule has 2 aliphatic heterocycles.